The SMILES string of the molecule is C[C@@]1(O)CCC2C(CCC3[C@@H]2CC[C@]2(C)[C@@H](C(=O)c4ccccc4F)CC[C@@H]32)C1. The van der Waals surface area contributed by atoms with Crippen molar-refractivity contribution in [3.05, 3.63) is 35.6 Å². The van der Waals surface area contributed by atoms with Crippen molar-refractivity contribution in [1.29, 1.82) is 0 Å². The van der Waals surface area contributed by atoms with Crippen LogP contribution in [0, 0.1) is 46.7 Å². The van der Waals surface area contributed by atoms with Gasteiger partial charge in [-0.3, -0.25) is 4.79 Å². The van der Waals surface area contributed by atoms with E-state index in [1.807, 2.05) is 6.92 Å². The van der Waals surface area contributed by atoms with Crippen LogP contribution in [0.4, 0.5) is 4.39 Å². The van der Waals surface area contributed by atoms with Crippen molar-refractivity contribution in [1.82, 2.24) is 0 Å². The van der Waals surface area contributed by atoms with Gasteiger partial charge in [-0.1, -0.05) is 19.1 Å². The fourth-order valence-electron chi connectivity index (χ4n) is 8.36. The number of Topliss-reactive ketones (excluding diaryl/α,β-unsaturated/α-hetero) is 1. The number of benzene rings is 1. The molecular formula is C26H35FO2. The lowest BCUT2D eigenvalue weighted by atomic mass is 9.49. The summed E-state index contributed by atoms with van der Waals surface area (Å²) >= 11 is 0. The molecule has 8 atom stereocenters. The zero-order chi connectivity index (χ0) is 20.4. The van der Waals surface area contributed by atoms with E-state index in [4.69, 9.17) is 0 Å². The van der Waals surface area contributed by atoms with Crippen molar-refractivity contribution in [3.63, 3.8) is 0 Å². The minimum absolute atomic E-state index is 0.0214. The van der Waals surface area contributed by atoms with E-state index in [9.17, 15) is 14.3 Å². The molecule has 3 unspecified atom stereocenters. The van der Waals surface area contributed by atoms with Crippen molar-refractivity contribution in [3.8, 4) is 0 Å². The topological polar surface area (TPSA) is 37.3 Å². The maximum atomic E-state index is 14.3. The van der Waals surface area contributed by atoms with Gasteiger partial charge in [-0.2, -0.15) is 0 Å². The predicted octanol–water partition coefficient (Wildman–Crippen LogP) is 6.03. The largest absolute Gasteiger partial charge is 0.390 e. The van der Waals surface area contributed by atoms with Gasteiger partial charge in [0.2, 0.25) is 0 Å². The molecule has 29 heavy (non-hydrogen) atoms. The zero-order valence-electron chi connectivity index (χ0n) is 17.9. The molecule has 0 saturated heterocycles. The Balaban J connectivity index is 1.38. The van der Waals surface area contributed by atoms with E-state index in [1.165, 1.54) is 31.7 Å². The molecule has 2 nitrogen and oxygen atoms in total. The Morgan fingerprint density at radius 3 is 2.52 bits per heavy atom. The third-order valence-corrected chi connectivity index (χ3v) is 9.69. The van der Waals surface area contributed by atoms with Crippen LogP contribution < -0.4 is 0 Å². The van der Waals surface area contributed by atoms with Crippen LogP contribution in [-0.2, 0) is 0 Å². The van der Waals surface area contributed by atoms with Crippen LogP contribution in [0.25, 0.3) is 0 Å². The van der Waals surface area contributed by atoms with E-state index >= 15 is 0 Å². The summed E-state index contributed by atoms with van der Waals surface area (Å²) in [6.07, 6.45) is 9.91. The van der Waals surface area contributed by atoms with Gasteiger partial charge in [0.25, 0.3) is 0 Å². The molecule has 0 heterocycles. The summed E-state index contributed by atoms with van der Waals surface area (Å²) in [5.41, 5.74) is -0.158. The Bertz CT molecular complexity index is 802. The second-order valence-electron chi connectivity index (χ2n) is 11.2. The maximum Gasteiger partial charge on any atom is 0.169 e. The van der Waals surface area contributed by atoms with Crippen LogP contribution in [0.3, 0.4) is 0 Å². The Kier molecular flexibility index (Phi) is 4.70. The number of ketones is 1. The highest BCUT2D eigenvalue weighted by molar-refractivity contribution is 5.98. The Hall–Kier alpha value is -1.22. The average Bonchev–Trinajstić information content (AvgIpc) is 3.04. The molecule has 0 amide bonds. The number of carbonyl (C=O) groups excluding carboxylic acids is 1. The summed E-state index contributed by atoms with van der Waals surface area (Å²) in [6, 6.07) is 6.52. The van der Waals surface area contributed by atoms with Gasteiger partial charge in [-0.05, 0) is 112 Å². The van der Waals surface area contributed by atoms with E-state index in [1.54, 1.807) is 18.2 Å². The Labute approximate surface area is 174 Å². The molecule has 0 spiro atoms. The summed E-state index contributed by atoms with van der Waals surface area (Å²) < 4.78 is 14.3. The molecule has 0 radical (unpaired) electrons. The molecule has 0 aliphatic heterocycles. The second-order valence-corrected chi connectivity index (χ2v) is 11.2. The molecule has 1 aromatic carbocycles. The third kappa shape index (κ3) is 3.10. The molecule has 158 valence electrons. The standard InChI is InChI=1S/C26H35FO2/c1-25(29)13-11-17-16(15-25)7-8-19-18(17)12-14-26(2)21(19)9-10-22(26)24(28)20-5-3-4-6-23(20)27/h3-6,16-19,21-22,29H,7-15H2,1-2H3/t16?,17?,18-,19?,21+,22-,25-,26+/m1/s1. The van der Waals surface area contributed by atoms with Crippen LogP contribution in [0.15, 0.2) is 24.3 Å². The average molecular weight is 399 g/mol. The first-order valence-corrected chi connectivity index (χ1v) is 11.8. The second kappa shape index (κ2) is 6.90. The van der Waals surface area contributed by atoms with E-state index in [0.29, 0.717) is 17.4 Å². The highest BCUT2D eigenvalue weighted by atomic mass is 19.1. The molecule has 4 fully saturated rings. The highest BCUT2D eigenvalue weighted by Gasteiger charge is 2.59. The fourth-order valence-corrected chi connectivity index (χ4v) is 8.36. The van der Waals surface area contributed by atoms with Crippen molar-refractivity contribution >= 4 is 5.78 Å². The molecule has 1 N–H and O–H groups in total. The fraction of sp³-hybridized carbons (Fsp3) is 0.731. The first-order chi connectivity index (χ1) is 13.8. The lowest BCUT2D eigenvalue weighted by Crippen LogP contribution is -2.51. The molecule has 1 aromatic rings. The van der Waals surface area contributed by atoms with Crippen LogP contribution in [0.5, 0.6) is 0 Å². The molecule has 4 saturated carbocycles. The van der Waals surface area contributed by atoms with Gasteiger partial charge in [0.1, 0.15) is 5.82 Å². The van der Waals surface area contributed by atoms with Gasteiger partial charge in [0.05, 0.1) is 11.2 Å². The summed E-state index contributed by atoms with van der Waals surface area (Å²) in [5.74, 6) is 3.17. The molecule has 4 aliphatic carbocycles. The first kappa shape index (κ1) is 19.7. The minimum atomic E-state index is -0.470. The number of aliphatic hydroxyl groups is 1. The van der Waals surface area contributed by atoms with Gasteiger partial charge >= 0.3 is 0 Å². The van der Waals surface area contributed by atoms with Crippen LogP contribution in [0.2, 0.25) is 0 Å². The van der Waals surface area contributed by atoms with Crippen molar-refractivity contribution in [2.45, 2.75) is 77.2 Å². The number of fused-ring (bicyclic) bond motifs is 5. The summed E-state index contributed by atoms with van der Waals surface area (Å²) in [6.45, 7) is 4.35. The van der Waals surface area contributed by atoms with Crippen LogP contribution in [-0.4, -0.2) is 16.5 Å². The predicted molar refractivity (Wildman–Crippen MR) is 112 cm³/mol. The van der Waals surface area contributed by atoms with Gasteiger partial charge in [0, 0.05) is 5.92 Å². The van der Waals surface area contributed by atoms with Gasteiger partial charge in [-0.25, -0.2) is 4.39 Å². The first-order valence-electron chi connectivity index (χ1n) is 11.8. The summed E-state index contributed by atoms with van der Waals surface area (Å²) in [7, 11) is 0. The molecular weight excluding hydrogens is 363 g/mol. The van der Waals surface area contributed by atoms with Gasteiger partial charge in [-0.15, -0.1) is 0 Å². The number of carbonyl (C=O) groups is 1. The molecule has 5 rings (SSSR count). The van der Waals surface area contributed by atoms with E-state index in [-0.39, 0.29) is 22.9 Å². The van der Waals surface area contributed by atoms with Gasteiger partial charge in [0.15, 0.2) is 5.78 Å². The number of hydrogen-bond acceptors (Lipinski definition) is 2. The van der Waals surface area contributed by atoms with Crippen molar-refractivity contribution < 1.29 is 14.3 Å². The summed E-state index contributed by atoms with van der Waals surface area (Å²) in [4.78, 5) is 13.3. The van der Waals surface area contributed by atoms with E-state index < -0.39 is 5.60 Å². The normalized spacial score (nSPS) is 46.5. The Morgan fingerprint density at radius 1 is 0.966 bits per heavy atom. The van der Waals surface area contributed by atoms with E-state index in [0.717, 1.165) is 49.9 Å². The number of hydrogen-bond donors (Lipinski definition) is 1. The number of rotatable bonds is 2. The third-order valence-electron chi connectivity index (χ3n) is 9.69. The molecule has 4 aliphatic rings. The molecule has 3 heteroatoms. The van der Waals surface area contributed by atoms with E-state index in [2.05, 4.69) is 6.92 Å². The highest BCUT2D eigenvalue weighted by Crippen LogP contribution is 2.65. The van der Waals surface area contributed by atoms with Crippen molar-refractivity contribution in [2.75, 3.05) is 0 Å². The smallest absolute Gasteiger partial charge is 0.169 e. The lowest BCUT2D eigenvalue weighted by molar-refractivity contribution is -0.0976. The monoisotopic (exact) mass is 398 g/mol. The van der Waals surface area contributed by atoms with Gasteiger partial charge < -0.3 is 5.11 Å². The zero-order valence-corrected chi connectivity index (χ0v) is 17.9. The van der Waals surface area contributed by atoms with Crippen LogP contribution >= 0.6 is 0 Å². The minimum Gasteiger partial charge on any atom is -0.390 e. The summed E-state index contributed by atoms with van der Waals surface area (Å²) in [5, 5.41) is 10.6. The molecule has 0 bridgehead atoms. The van der Waals surface area contributed by atoms with Crippen LogP contribution in [0.1, 0.15) is 82.0 Å². The maximum absolute atomic E-state index is 14.3. The quantitative estimate of drug-likeness (QED) is 0.618. The molecule has 0 aromatic heterocycles. The van der Waals surface area contributed by atoms with Crippen molar-refractivity contribution in [2.24, 2.45) is 40.9 Å². The lowest BCUT2D eigenvalue weighted by Gasteiger charge is -2.56. The Morgan fingerprint density at radius 2 is 1.72 bits per heavy atom. The number of halogens is 1.